The van der Waals surface area contributed by atoms with Crippen LogP contribution in [-0.2, 0) is 4.79 Å². The van der Waals surface area contributed by atoms with E-state index in [0.717, 1.165) is 19.5 Å². The Morgan fingerprint density at radius 2 is 2.24 bits per heavy atom. The average molecular weight is 287 g/mol. The van der Waals surface area contributed by atoms with Crippen molar-refractivity contribution in [2.24, 2.45) is 0 Å². The maximum Gasteiger partial charge on any atom is 0.222 e. The fourth-order valence-corrected chi connectivity index (χ4v) is 3.47. The van der Waals surface area contributed by atoms with Crippen LogP contribution in [0.5, 0.6) is 0 Å². The van der Waals surface area contributed by atoms with Crippen LogP contribution >= 0.6 is 0 Å². The fraction of sp³-hybridized carbons (Fsp3) is 0.647. The van der Waals surface area contributed by atoms with Gasteiger partial charge in [0, 0.05) is 43.9 Å². The summed E-state index contributed by atoms with van der Waals surface area (Å²) in [5.74, 6) is 0.814. The van der Waals surface area contributed by atoms with Crippen molar-refractivity contribution in [1.82, 2.24) is 14.8 Å². The summed E-state index contributed by atoms with van der Waals surface area (Å²) in [5, 5.41) is 0. The SMILES string of the molecule is CN1CCCCC1CCC(=O)N1CC(c2cccnc2)C1. The number of pyridine rings is 1. The summed E-state index contributed by atoms with van der Waals surface area (Å²) in [6.45, 7) is 2.92. The van der Waals surface area contributed by atoms with Crippen molar-refractivity contribution in [3.05, 3.63) is 30.1 Å². The number of carbonyl (C=O) groups is 1. The lowest BCUT2D eigenvalue weighted by Gasteiger charge is -2.40. The second-order valence-corrected chi connectivity index (χ2v) is 6.45. The third-order valence-electron chi connectivity index (χ3n) is 5.00. The Labute approximate surface area is 127 Å². The van der Waals surface area contributed by atoms with E-state index < -0.39 is 0 Å². The predicted octanol–water partition coefficient (Wildman–Crippen LogP) is 2.27. The molecule has 0 aromatic carbocycles. The van der Waals surface area contributed by atoms with Crippen molar-refractivity contribution in [2.45, 2.75) is 44.1 Å². The summed E-state index contributed by atoms with van der Waals surface area (Å²) < 4.78 is 0. The topological polar surface area (TPSA) is 36.4 Å². The number of rotatable bonds is 4. The number of carbonyl (C=O) groups excluding carboxylic acids is 1. The van der Waals surface area contributed by atoms with Gasteiger partial charge in [-0.2, -0.15) is 0 Å². The van der Waals surface area contributed by atoms with Crippen LogP contribution in [0.2, 0.25) is 0 Å². The first-order valence-electron chi connectivity index (χ1n) is 8.12. The molecule has 2 saturated heterocycles. The smallest absolute Gasteiger partial charge is 0.222 e. The highest BCUT2D eigenvalue weighted by atomic mass is 16.2. The number of nitrogens with zero attached hydrogens (tertiary/aromatic N) is 3. The zero-order chi connectivity index (χ0) is 14.7. The van der Waals surface area contributed by atoms with Crippen LogP contribution in [0.1, 0.15) is 43.6 Å². The average Bonchev–Trinajstić information content (AvgIpc) is 2.46. The number of aromatic nitrogens is 1. The Morgan fingerprint density at radius 1 is 1.38 bits per heavy atom. The molecule has 1 aromatic rings. The molecule has 21 heavy (non-hydrogen) atoms. The van der Waals surface area contributed by atoms with Gasteiger partial charge >= 0.3 is 0 Å². The van der Waals surface area contributed by atoms with Gasteiger partial charge in [0.1, 0.15) is 0 Å². The molecule has 4 heteroatoms. The minimum absolute atomic E-state index is 0.328. The Hall–Kier alpha value is -1.42. The van der Waals surface area contributed by atoms with Crippen LogP contribution in [0, 0.1) is 0 Å². The molecule has 1 aromatic heterocycles. The van der Waals surface area contributed by atoms with Gasteiger partial charge < -0.3 is 9.80 Å². The summed E-state index contributed by atoms with van der Waals surface area (Å²) in [6.07, 6.45) is 9.31. The molecule has 114 valence electrons. The van der Waals surface area contributed by atoms with Gasteiger partial charge in [-0.15, -0.1) is 0 Å². The van der Waals surface area contributed by atoms with E-state index in [2.05, 4.69) is 23.0 Å². The van der Waals surface area contributed by atoms with E-state index in [9.17, 15) is 4.79 Å². The first kappa shape index (κ1) is 14.5. The molecule has 1 amide bonds. The minimum Gasteiger partial charge on any atom is -0.341 e. The molecule has 0 N–H and O–H groups in total. The summed E-state index contributed by atoms with van der Waals surface area (Å²) in [7, 11) is 2.19. The molecule has 2 aliphatic heterocycles. The van der Waals surface area contributed by atoms with Gasteiger partial charge in [-0.05, 0) is 44.5 Å². The Kier molecular flexibility index (Phi) is 4.54. The Morgan fingerprint density at radius 3 is 2.95 bits per heavy atom. The summed E-state index contributed by atoms with van der Waals surface area (Å²) >= 11 is 0. The second-order valence-electron chi connectivity index (χ2n) is 6.45. The van der Waals surface area contributed by atoms with Gasteiger partial charge in [-0.25, -0.2) is 0 Å². The van der Waals surface area contributed by atoms with Crippen LogP contribution in [0.25, 0.3) is 0 Å². The van der Waals surface area contributed by atoms with Gasteiger partial charge in [0.15, 0.2) is 0 Å². The van der Waals surface area contributed by atoms with Crippen molar-refractivity contribution in [1.29, 1.82) is 0 Å². The number of likely N-dealkylation sites (tertiary alicyclic amines) is 2. The monoisotopic (exact) mass is 287 g/mol. The number of hydrogen-bond acceptors (Lipinski definition) is 3. The molecule has 0 spiro atoms. The lowest BCUT2D eigenvalue weighted by Crippen LogP contribution is -2.49. The molecular formula is C17H25N3O. The van der Waals surface area contributed by atoms with E-state index in [1.807, 2.05) is 17.2 Å². The van der Waals surface area contributed by atoms with E-state index >= 15 is 0 Å². The molecule has 1 unspecified atom stereocenters. The number of piperidine rings is 1. The maximum absolute atomic E-state index is 12.2. The van der Waals surface area contributed by atoms with Crippen molar-refractivity contribution in [3.8, 4) is 0 Å². The zero-order valence-electron chi connectivity index (χ0n) is 12.9. The maximum atomic E-state index is 12.2. The van der Waals surface area contributed by atoms with Crippen molar-refractivity contribution in [3.63, 3.8) is 0 Å². The molecule has 0 aliphatic carbocycles. The molecule has 3 heterocycles. The Bertz CT molecular complexity index is 470. The van der Waals surface area contributed by atoms with Gasteiger partial charge in [0.2, 0.25) is 5.91 Å². The molecule has 0 radical (unpaired) electrons. The van der Waals surface area contributed by atoms with Crippen LogP contribution in [0.3, 0.4) is 0 Å². The van der Waals surface area contributed by atoms with Crippen molar-refractivity contribution < 1.29 is 4.79 Å². The summed E-state index contributed by atoms with van der Waals surface area (Å²) in [5.41, 5.74) is 1.26. The first-order chi connectivity index (χ1) is 10.2. The summed E-state index contributed by atoms with van der Waals surface area (Å²) in [6, 6.07) is 4.69. The lowest BCUT2D eigenvalue weighted by molar-refractivity contribution is -0.136. The molecule has 3 rings (SSSR count). The van der Waals surface area contributed by atoms with Crippen LogP contribution in [0.15, 0.2) is 24.5 Å². The largest absolute Gasteiger partial charge is 0.341 e. The normalized spacial score (nSPS) is 23.9. The standard InChI is InChI=1S/C17H25N3O/c1-19-10-3-2-6-16(19)7-8-17(21)20-12-15(13-20)14-5-4-9-18-11-14/h4-5,9,11,15-16H,2-3,6-8,10,12-13H2,1H3. The van der Waals surface area contributed by atoms with Crippen LogP contribution < -0.4 is 0 Å². The van der Waals surface area contributed by atoms with Gasteiger partial charge in [0.05, 0.1) is 0 Å². The highest BCUT2D eigenvalue weighted by molar-refractivity contribution is 5.77. The van der Waals surface area contributed by atoms with Crippen LogP contribution in [-0.4, -0.2) is 53.4 Å². The molecule has 2 aliphatic rings. The highest BCUT2D eigenvalue weighted by Crippen LogP contribution is 2.27. The minimum atomic E-state index is 0.328. The third kappa shape index (κ3) is 3.43. The van der Waals surface area contributed by atoms with E-state index in [1.165, 1.54) is 31.4 Å². The molecule has 1 atom stereocenters. The number of hydrogen-bond donors (Lipinski definition) is 0. The van der Waals surface area contributed by atoms with E-state index in [0.29, 0.717) is 24.3 Å². The third-order valence-corrected chi connectivity index (χ3v) is 5.00. The molecule has 2 fully saturated rings. The summed E-state index contributed by atoms with van der Waals surface area (Å²) in [4.78, 5) is 20.8. The van der Waals surface area contributed by atoms with Gasteiger partial charge in [0.25, 0.3) is 0 Å². The van der Waals surface area contributed by atoms with E-state index in [-0.39, 0.29) is 0 Å². The molecule has 0 bridgehead atoms. The Balaban J connectivity index is 1.41. The lowest BCUT2D eigenvalue weighted by atomic mass is 9.91. The van der Waals surface area contributed by atoms with Crippen LogP contribution in [0.4, 0.5) is 0 Å². The zero-order valence-corrected chi connectivity index (χ0v) is 12.9. The second kappa shape index (κ2) is 6.56. The van der Waals surface area contributed by atoms with Gasteiger partial charge in [-0.3, -0.25) is 9.78 Å². The van der Waals surface area contributed by atoms with Crippen molar-refractivity contribution in [2.75, 3.05) is 26.7 Å². The predicted molar refractivity (Wildman–Crippen MR) is 83.1 cm³/mol. The highest BCUT2D eigenvalue weighted by Gasteiger charge is 2.32. The van der Waals surface area contributed by atoms with E-state index in [1.54, 1.807) is 6.20 Å². The molecule has 0 saturated carbocycles. The fourth-order valence-electron chi connectivity index (χ4n) is 3.47. The molecular weight excluding hydrogens is 262 g/mol. The quantitative estimate of drug-likeness (QED) is 0.852. The number of amides is 1. The van der Waals surface area contributed by atoms with E-state index in [4.69, 9.17) is 0 Å². The van der Waals surface area contributed by atoms with Crippen molar-refractivity contribution >= 4 is 5.91 Å². The first-order valence-corrected chi connectivity index (χ1v) is 8.12. The molecule has 4 nitrogen and oxygen atoms in total. The van der Waals surface area contributed by atoms with Gasteiger partial charge in [-0.1, -0.05) is 12.5 Å².